The van der Waals surface area contributed by atoms with Gasteiger partial charge in [-0.25, -0.2) is 9.78 Å². The zero-order chi connectivity index (χ0) is 16.0. The van der Waals surface area contributed by atoms with Crippen molar-refractivity contribution >= 4 is 6.09 Å². The third-order valence-corrected chi connectivity index (χ3v) is 4.30. The van der Waals surface area contributed by atoms with Crippen LogP contribution in [-0.2, 0) is 0 Å². The van der Waals surface area contributed by atoms with Gasteiger partial charge in [-0.05, 0) is 12.8 Å². The van der Waals surface area contributed by atoms with Crippen LogP contribution < -0.4 is 0 Å². The number of hydrogen-bond acceptors (Lipinski definition) is 4. The second kappa shape index (κ2) is 5.15. The van der Waals surface area contributed by atoms with Gasteiger partial charge >= 0.3 is 6.09 Å². The molecule has 2 N–H and O–H groups in total. The molecular weight excluding hydrogens is 284 g/mol. The third kappa shape index (κ3) is 2.08. The SMILES string of the molecule is Cc1cc(C2C(C)c3nc[nH]c3C(C(C)C)N2C(=O)O)no1. The Hall–Kier alpha value is -2.31. The van der Waals surface area contributed by atoms with E-state index in [9.17, 15) is 9.90 Å². The van der Waals surface area contributed by atoms with E-state index in [4.69, 9.17) is 4.52 Å². The number of aromatic amines is 1. The average molecular weight is 304 g/mol. The van der Waals surface area contributed by atoms with Crippen molar-refractivity contribution in [1.82, 2.24) is 20.0 Å². The molecule has 7 nitrogen and oxygen atoms in total. The first-order chi connectivity index (χ1) is 10.4. The molecule has 118 valence electrons. The first-order valence-electron chi connectivity index (χ1n) is 7.39. The number of hydrogen-bond donors (Lipinski definition) is 2. The highest BCUT2D eigenvalue weighted by atomic mass is 16.5. The van der Waals surface area contributed by atoms with Crippen LogP contribution in [-0.4, -0.2) is 31.2 Å². The average Bonchev–Trinajstić information content (AvgIpc) is 3.06. The van der Waals surface area contributed by atoms with E-state index in [1.807, 2.05) is 20.8 Å². The maximum atomic E-state index is 12.0. The fraction of sp³-hybridized carbons (Fsp3) is 0.533. The molecule has 7 heteroatoms. The lowest BCUT2D eigenvalue weighted by Gasteiger charge is -2.43. The minimum atomic E-state index is -0.962. The molecule has 1 aliphatic rings. The maximum Gasteiger partial charge on any atom is 0.408 e. The molecule has 2 aromatic heterocycles. The summed E-state index contributed by atoms with van der Waals surface area (Å²) in [5.41, 5.74) is 2.41. The number of amides is 1. The summed E-state index contributed by atoms with van der Waals surface area (Å²) in [5, 5.41) is 13.9. The van der Waals surface area contributed by atoms with E-state index in [2.05, 4.69) is 15.1 Å². The van der Waals surface area contributed by atoms with Crippen LogP contribution in [0.2, 0.25) is 0 Å². The summed E-state index contributed by atoms with van der Waals surface area (Å²) in [6.07, 6.45) is 0.670. The monoisotopic (exact) mass is 304 g/mol. The minimum absolute atomic E-state index is 0.100. The summed E-state index contributed by atoms with van der Waals surface area (Å²) in [4.78, 5) is 21.0. The fourth-order valence-corrected chi connectivity index (χ4v) is 3.43. The van der Waals surface area contributed by atoms with Gasteiger partial charge < -0.3 is 14.6 Å². The largest absolute Gasteiger partial charge is 0.465 e. The van der Waals surface area contributed by atoms with Gasteiger partial charge in [0.05, 0.1) is 29.8 Å². The van der Waals surface area contributed by atoms with Gasteiger partial charge in [0.25, 0.3) is 0 Å². The maximum absolute atomic E-state index is 12.0. The Morgan fingerprint density at radius 2 is 2.23 bits per heavy atom. The summed E-state index contributed by atoms with van der Waals surface area (Å²) >= 11 is 0. The van der Waals surface area contributed by atoms with Crippen LogP contribution in [0.4, 0.5) is 4.79 Å². The lowest BCUT2D eigenvalue weighted by molar-refractivity contribution is 0.0579. The standard InChI is InChI=1S/C15H20N4O3/c1-7(2)13-12-11(16-6-17-12)9(4)14(19(13)15(20)21)10-5-8(3)22-18-10/h5-7,9,13-14H,1-4H3,(H,16,17)(H,20,21). The van der Waals surface area contributed by atoms with E-state index in [1.54, 1.807) is 19.3 Å². The Morgan fingerprint density at radius 3 is 2.77 bits per heavy atom. The molecule has 1 amide bonds. The molecule has 0 aromatic carbocycles. The summed E-state index contributed by atoms with van der Waals surface area (Å²) in [5.74, 6) is 0.677. The predicted octanol–water partition coefficient (Wildman–Crippen LogP) is 3.24. The van der Waals surface area contributed by atoms with Crippen LogP contribution in [0.1, 0.15) is 61.6 Å². The smallest absolute Gasteiger partial charge is 0.408 e. The summed E-state index contributed by atoms with van der Waals surface area (Å²) in [6, 6.07) is 1.11. The number of imidazole rings is 1. The molecule has 3 rings (SSSR count). The van der Waals surface area contributed by atoms with Crippen LogP contribution in [0.25, 0.3) is 0 Å². The molecule has 2 aromatic rings. The Kier molecular flexibility index (Phi) is 3.42. The van der Waals surface area contributed by atoms with E-state index in [0.717, 1.165) is 11.4 Å². The third-order valence-electron chi connectivity index (χ3n) is 4.30. The highest BCUT2D eigenvalue weighted by molar-refractivity contribution is 5.67. The molecule has 0 saturated heterocycles. The first kappa shape index (κ1) is 14.6. The van der Waals surface area contributed by atoms with E-state index in [1.165, 1.54) is 4.90 Å². The van der Waals surface area contributed by atoms with Crippen molar-refractivity contribution in [2.24, 2.45) is 5.92 Å². The number of nitrogens with one attached hydrogen (secondary N) is 1. The molecule has 0 spiro atoms. The van der Waals surface area contributed by atoms with Crippen LogP contribution in [0.15, 0.2) is 16.9 Å². The lowest BCUT2D eigenvalue weighted by atomic mass is 9.82. The Bertz CT molecular complexity index is 691. The van der Waals surface area contributed by atoms with Gasteiger partial charge in [0.1, 0.15) is 11.5 Å². The molecule has 0 saturated carbocycles. The van der Waals surface area contributed by atoms with Crippen molar-refractivity contribution in [3.05, 3.63) is 35.2 Å². The quantitative estimate of drug-likeness (QED) is 0.888. The van der Waals surface area contributed by atoms with Crippen molar-refractivity contribution < 1.29 is 14.4 Å². The zero-order valence-corrected chi connectivity index (χ0v) is 13.1. The minimum Gasteiger partial charge on any atom is -0.465 e. The molecular formula is C15H20N4O3. The topological polar surface area (TPSA) is 95.2 Å². The second-order valence-electron chi connectivity index (χ2n) is 6.18. The normalized spacial score (nSPS) is 24.6. The number of carbonyl (C=O) groups is 1. The molecule has 22 heavy (non-hydrogen) atoms. The summed E-state index contributed by atoms with van der Waals surface area (Å²) in [7, 11) is 0. The molecule has 3 atom stereocenters. The van der Waals surface area contributed by atoms with Gasteiger partial charge in [0.15, 0.2) is 0 Å². The molecule has 0 radical (unpaired) electrons. The molecule has 3 unspecified atom stereocenters. The molecule has 1 aliphatic heterocycles. The molecule has 0 aliphatic carbocycles. The van der Waals surface area contributed by atoms with Gasteiger partial charge in [-0.1, -0.05) is 25.9 Å². The number of aryl methyl sites for hydroxylation is 1. The van der Waals surface area contributed by atoms with Crippen molar-refractivity contribution in [2.45, 2.75) is 45.7 Å². The highest BCUT2D eigenvalue weighted by Crippen LogP contribution is 2.48. The van der Waals surface area contributed by atoms with Crippen molar-refractivity contribution in [2.75, 3.05) is 0 Å². The fourth-order valence-electron chi connectivity index (χ4n) is 3.43. The number of rotatable bonds is 2. The number of H-pyrrole nitrogens is 1. The van der Waals surface area contributed by atoms with Gasteiger partial charge in [-0.3, -0.25) is 4.90 Å². The molecule has 0 fully saturated rings. The number of nitrogens with zero attached hydrogens (tertiary/aromatic N) is 3. The predicted molar refractivity (Wildman–Crippen MR) is 78.4 cm³/mol. The number of fused-ring (bicyclic) bond motifs is 1. The second-order valence-corrected chi connectivity index (χ2v) is 6.18. The highest BCUT2D eigenvalue weighted by Gasteiger charge is 2.46. The Labute approximate surface area is 128 Å². The zero-order valence-electron chi connectivity index (χ0n) is 13.1. The van der Waals surface area contributed by atoms with Crippen molar-refractivity contribution in [3.8, 4) is 0 Å². The van der Waals surface area contributed by atoms with E-state index in [0.29, 0.717) is 11.5 Å². The molecule has 3 heterocycles. The van der Waals surface area contributed by atoms with E-state index < -0.39 is 12.1 Å². The Balaban J connectivity index is 2.17. The lowest BCUT2D eigenvalue weighted by Crippen LogP contribution is -2.45. The van der Waals surface area contributed by atoms with Gasteiger partial charge in [0.2, 0.25) is 0 Å². The van der Waals surface area contributed by atoms with Gasteiger partial charge in [-0.2, -0.15) is 0 Å². The van der Waals surface area contributed by atoms with Gasteiger partial charge in [0, 0.05) is 12.0 Å². The summed E-state index contributed by atoms with van der Waals surface area (Å²) in [6.45, 7) is 7.79. The van der Waals surface area contributed by atoms with Crippen LogP contribution >= 0.6 is 0 Å². The number of carboxylic acid groups (broad SMARTS) is 1. The van der Waals surface area contributed by atoms with Crippen LogP contribution in [0, 0.1) is 12.8 Å². The van der Waals surface area contributed by atoms with Crippen LogP contribution in [0.3, 0.4) is 0 Å². The molecule has 0 bridgehead atoms. The first-order valence-corrected chi connectivity index (χ1v) is 7.39. The van der Waals surface area contributed by atoms with Crippen LogP contribution in [0.5, 0.6) is 0 Å². The summed E-state index contributed by atoms with van der Waals surface area (Å²) < 4.78 is 5.16. The van der Waals surface area contributed by atoms with E-state index in [-0.39, 0.29) is 17.9 Å². The van der Waals surface area contributed by atoms with Crippen molar-refractivity contribution in [3.63, 3.8) is 0 Å². The number of aromatic nitrogens is 3. The Morgan fingerprint density at radius 1 is 1.50 bits per heavy atom. The van der Waals surface area contributed by atoms with E-state index >= 15 is 0 Å². The van der Waals surface area contributed by atoms with Crippen molar-refractivity contribution in [1.29, 1.82) is 0 Å². The van der Waals surface area contributed by atoms with Gasteiger partial charge in [-0.15, -0.1) is 0 Å².